The number of benzene rings is 2. The largest absolute Gasteiger partial charge is 0.339 e. The predicted octanol–water partition coefficient (Wildman–Crippen LogP) is 3.07. The van der Waals surface area contributed by atoms with Crippen molar-refractivity contribution in [3.63, 3.8) is 0 Å². The highest BCUT2D eigenvalue weighted by Gasteiger charge is 2.07. The Morgan fingerprint density at radius 2 is 1.62 bits per heavy atom. The summed E-state index contributed by atoms with van der Waals surface area (Å²) in [6.07, 6.45) is 0.729. The van der Waals surface area contributed by atoms with Gasteiger partial charge in [0.15, 0.2) is 0 Å². The maximum Gasteiger partial charge on any atom is 0.228 e. The zero-order valence-corrected chi connectivity index (χ0v) is 11.7. The van der Waals surface area contributed by atoms with Gasteiger partial charge >= 0.3 is 0 Å². The first-order valence-corrected chi connectivity index (χ1v) is 7.04. The maximum absolute atomic E-state index is 5.27. The highest BCUT2D eigenvalue weighted by molar-refractivity contribution is 5.53. The normalized spacial score (nSPS) is 10.7. The monoisotopic (exact) mass is 279 g/mol. The Hall–Kier alpha value is -2.46. The molecule has 0 fully saturated rings. The minimum Gasteiger partial charge on any atom is -0.339 e. The molecule has 21 heavy (non-hydrogen) atoms. The zero-order chi connectivity index (χ0) is 14.3. The number of nitrogens with one attached hydrogen (secondary N) is 1. The Labute approximate surface area is 123 Å². The topological polar surface area (TPSA) is 51.0 Å². The van der Waals surface area contributed by atoms with Crippen LogP contribution in [0.3, 0.4) is 0 Å². The molecule has 0 spiro atoms. The number of aromatic nitrogens is 2. The fourth-order valence-corrected chi connectivity index (χ4v) is 2.08. The molecule has 0 radical (unpaired) electrons. The molecule has 0 unspecified atom stereocenters. The third-order valence-corrected chi connectivity index (χ3v) is 3.19. The van der Waals surface area contributed by atoms with Crippen molar-refractivity contribution in [1.82, 2.24) is 15.5 Å². The van der Waals surface area contributed by atoms with Gasteiger partial charge in [0, 0.05) is 25.1 Å². The molecule has 1 heterocycles. The van der Waals surface area contributed by atoms with Crippen molar-refractivity contribution in [3.05, 3.63) is 72.1 Å². The van der Waals surface area contributed by atoms with Crippen molar-refractivity contribution in [2.24, 2.45) is 0 Å². The zero-order valence-electron chi connectivity index (χ0n) is 11.7. The summed E-state index contributed by atoms with van der Waals surface area (Å²) in [5.74, 6) is 1.31. The van der Waals surface area contributed by atoms with E-state index in [2.05, 4.69) is 27.6 Å². The van der Waals surface area contributed by atoms with E-state index in [-0.39, 0.29) is 0 Å². The van der Waals surface area contributed by atoms with Gasteiger partial charge in [0.25, 0.3) is 0 Å². The van der Waals surface area contributed by atoms with Gasteiger partial charge in [0.1, 0.15) is 0 Å². The third-order valence-electron chi connectivity index (χ3n) is 3.19. The molecule has 3 rings (SSSR count). The maximum atomic E-state index is 5.27. The van der Waals surface area contributed by atoms with E-state index in [1.165, 1.54) is 5.56 Å². The van der Waals surface area contributed by atoms with Crippen LogP contribution in [0, 0.1) is 0 Å². The molecule has 0 aliphatic carbocycles. The minimum absolute atomic E-state index is 0.647. The second-order valence-electron chi connectivity index (χ2n) is 4.79. The van der Waals surface area contributed by atoms with Crippen molar-refractivity contribution >= 4 is 0 Å². The molecule has 4 heteroatoms. The van der Waals surface area contributed by atoms with Crippen molar-refractivity contribution in [2.75, 3.05) is 6.54 Å². The van der Waals surface area contributed by atoms with Crippen molar-refractivity contribution in [1.29, 1.82) is 0 Å². The number of nitrogens with zero attached hydrogens (tertiary/aromatic N) is 2. The van der Waals surface area contributed by atoms with E-state index >= 15 is 0 Å². The molecule has 0 amide bonds. The van der Waals surface area contributed by atoms with E-state index in [4.69, 9.17) is 4.52 Å². The lowest BCUT2D eigenvalue weighted by Gasteiger charge is -2.02. The Morgan fingerprint density at radius 1 is 0.905 bits per heavy atom. The molecular weight excluding hydrogens is 262 g/mol. The lowest BCUT2D eigenvalue weighted by atomic mass is 10.2. The van der Waals surface area contributed by atoms with E-state index in [0.29, 0.717) is 11.7 Å². The molecule has 4 nitrogen and oxygen atoms in total. The van der Waals surface area contributed by atoms with Gasteiger partial charge in [-0.25, -0.2) is 0 Å². The van der Waals surface area contributed by atoms with Crippen LogP contribution in [0.25, 0.3) is 11.4 Å². The van der Waals surface area contributed by atoms with Gasteiger partial charge in [-0.15, -0.1) is 0 Å². The van der Waals surface area contributed by atoms with E-state index in [0.717, 1.165) is 25.1 Å². The van der Waals surface area contributed by atoms with Gasteiger partial charge < -0.3 is 9.84 Å². The summed E-state index contributed by atoms with van der Waals surface area (Å²) in [7, 11) is 0. The Bertz CT molecular complexity index is 665. The van der Waals surface area contributed by atoms with Gasteiger partial charge in [-0.3, -0.25) is 0 Å². The van der Waals surface area contributed by atoms with Crippen LogP contribution >= 0.6 is 0 Å². The number of hydrogen-bond donors (Lipinski definition) is 1. The van der Waals surface area contributed by atoms with Gasteiger partial charge in [-0.05, 0) is 5.56 Å². The van der Waals surface area contributed by atoms with Crippen molar-refractivity contribution < 1.29 is 4.52 Å². The van der Waals surface area contributed by atoms with Crippen LogP contribution < -0.4 is 5.32 Å². The Kier molecular flexibility index (Phi) is 4.39. The smallest absolute Gasteiger partial charge is 0.228 e. The first kappa shape index (κ1) is 13.5. The second-order valence-corrected chi connectivity index (χ2v) is 4.79. The van der Waals surface area contributed by atoms with Gasteiger partial charge in [-0.2, -0.15) is 4.98 Å². The van der Waals surface area contributed by atoms with Crippen LogP contribution in [-0.4, -0.2) is 16.7 Å². The summed E-state index contributed by atoms with van der Waals surface area (Å²) in [5.41, 5.74) is 2.25. The molecular formula is C17H17N3O. The van der Waals surface area contributed by atoms with Crippen LogP contribution in [0.15, 0.2) is 65.2 Å². The van der Waals surface area contributed by atoms with Crippen LogP contribution in [-0.2, 0) is 13.0 Å². The molecule has 0 aliphatic rings. The summed E-state index contributed by atoms with van der Waals surface area (Å²) < 4.78 is 5.27. The molecule has 0 aliphatic heterocycles. The second kappa shape index (κ2) is 6.81. The molecule has 3 aromatic rings. The molecule has 106 valence electrons. The van der Waals surface area contributed by atoms with Gasteiger partial charge in [0.05, 0.1) is 0 Å². The molecule has 0 saturated heterocycles. The average Bonchev–Trinajstić information content (AvgIpc) is 3.02. The molecule has 0 saturated carbocycles. The van der Waals surface area contributed by atoms with Gasteiger partial charge in [0.2, 0.25) is 11.7 Å². The summed E-state index contributed by atoms with van der Waals surface area (Å²) in [5, 5.41) is 7.38. The summed E-state index contributed by atoms with van der Waals surface area (Å²) in [6, 6.07) is 20.2. The molecule has 0 atom stereocenters. The SMILES string of the molecule is c1ccc(CNCCc2nc(-c3ccccc3)no2)cc1. The lowest BCUT2D eigenvalue weighted by Crippen LogP contribution is -2.16. The fourth-order valence-electron chi connectivity index (χ4n) is 2.08. The molecule has 1 aromatic heterocycles. The predicted molar refractivity (Wildman–Crippen MR) is 81.6 cm³/mol. The Balaban J connectivity index is 1.49. The van der Waals surface area contributed by atoms with E-state index in [9.17, 15) is 0 Å². The van der Waals surface area contributed by atoms with Crippen molar-refractivity contribution in [2.45, 2.75) is 13.0 Å². The third kappa shape index (κ3) is 3.77. The summed E-state index contributed by atoms with van der Waals surface area (Å²) in [6.45, 7) is 1.66. The lowest BCUT2D eigenvalue weighted by molar-refractivity contribution is 0.376. The highest BCUT2D eigenvalue weighted by atomic mass is 16.5. The highest BCUT2D eigenvalue weighted by Crippen LogP contribution is 2.14. The quantitative estimate of drug-likeness (QED) is 0.705. The van der Waals surface area contributed by atoms with Crippen LogP contribution in [0.5, 0.6) is 0 Å². The molecule has 0 bridgehead atoms. The van der Waals surface area contributed by atoms with E-state index < -0.39 is 0 Å². The van der Waals surface area contributed by atoms with Crippen LogP contribution in [0.4, 0.5) is 0 Å². The first-order chi connectivity index (χ1) is 10.4. The van der Waals surface area contributed by atoms with Crippen LogP contribution in [0.1, 0.15) is 11.5 Å². The Morgan fingerprint density at radius 3 is 2.38 bits per heavy atom. The minimum atomic E-state index is 0.647. The average molecular weight is 279 g/mol. The van der Waals surface area contributed by atoms with E-state index in [1.54, 1.807) is 0 Å². The van der Waals surface area contributed by atoms with Gasteiger partial charge in [-0.1, -0.05) is 65.8 Å². The standard InChI is InChI=1S/C17H17N3O/c1-3-7-14(8-4-1)13-18-12-11-16-19-17(20-21-16)15-9-5-2-6-10-15/h1-10,18H,11-13H2. The first-order valence-electron chi connectivity index (χ1n) is 7.04. The molecule has 1 N–H and O–H groups in total. The fraction of sp³-hybridized carbons (Fsp3) is 0.176. The molecule has 2 aromatic carbocycles. The summed E-state index contributed by atoms with van der Waals surface area (Å²) >= 11 is 0. The number of rotatable bonds is 6. The summed E-state index contributed by atoms with van der Waals surface area (Å²) in [4.78, 5) is 4.41. The van der Waals surface area contributed by atoms with Crippen molar-refractivity contribution in [3.8, 4) is 11.4 Å². The van der Waals surface area contributed by atoms with Crippen LogP contribution in [0.2, 0.25) is 0 Å². The number of hydrogen-bond acceptors (Lipinski definition) is 4. The van der Waals surface area contributed by atoms with E-state index in [1.807, 2.05) is 48.5 Å².